The van der Waals surface area contributed by atoms with E-state index in [1.54, 1.807) is 6.07 Å². The highest BCUT2D eigenvalue weighted by atomic mass is 32.2. The van der Waals surface area contributed by atoms with E-state index in [9.17, 15) is 13.2 Å². The summed E-state index contributed by atoms with van der Waals surface area (Å²) in [5.41, 5.74) is 4.08. The van der Waals surface area contributed by atoms with Crippen molar-refractivity contribution in [2.75, 3.05) is 18.9 Å². The molecule has 0 aliphatic rings. The summed E-state index contributed by atoms with van der Waals surface area (Å²) < 4.78 is 26.0. The third-order valence-corrected chi connectivity index (χ3v) is 6.49. The van der Waals surface area contributed by atoms with E-state index in [2.05, 4.69) is 41.5 Å². The number of anilines is 1. The first-order valence-electron chi connectivity index (χ1n) is 9.75. The number of amides is 1. The van der Waals surface area contributed by atoms with Crippen molar-refractivity contribution in [2.45, 2.75) is 24.7 Å². The summed E-state index contributed by atoms with van der Waals surface area (Å²) in [5, 5.41) is 2.74. The zero-order chi connectivity index (χ0) is 21.6. The number of likely N-dealkylation sites (N-methyl/N-ethyl adjacent to an activating group) is 1. The van der Waals surface area contributed by atoms with E-state index in [-0.39, 0.29) is 11.4 Å². The maximum Gasteiger partial charge on any atom is 0.244 e. The van der Waals surface area contributed by atoms with Crippen LogP contribution in [-0.2, 0) is 21.2 Å². The van der Waals surface area contributed by atoms with Crippen molar-refractivity contribution in [1.82, 2.24) is 9.29 Å². The van der Waals surface area contributed by atoms with Crippen LogP contribution in [0.1, 0.15) is 18.9 Å². The molecule has 2 aromatic carbocycles. The molecule has 0 saturated heterocycles. The first-order valence-corrected chi connectivity index (χ1v) is 11.2. The number of carbonyl (C=O) groups excluding carboxylic acids is 1. The average Bonchev–Trinajstić information content (AvgIpc) is 2.75. The van der Waals surface area contributed by atoms with Crippen LogP contribution in [0, 0.1) is 0 Å². The van der Waals surface area contributed by atoms with Crippen molar-refractivity contribution >= 4 is 21.6 Å². The molecule has 0 aliphatic carbocycles. The molecule has 3 aromatic rings. The molecule has 0 spiro atoms. The second kappa shape index (κ2) is 9.65. The van der Waals surface area contributed by atoms with E-state index in [4.69, 9.17) is 0 Å². The maximum absolute atomic E-state index is 12.5. The van der Waals surface area contributed by atoms with Gasteiger partial charge in [0.2, 0.25) is 15.9 Å². The van der Waals surface area contributed by atoms with E-state index >= 15 is 0 Å². The van der Waals surface area contributed by atoms with Crippen molar-refractivity contribution in [2.24, 2.45) is 0 Å². The minimum atomic E-state index is -3.77. The molecule has 0 atom stereocenters. The topological polar surface area (TPSA) is 79.4 Å². The fourth-order valence-corrected chi connectivity index (χ4v) is 4.16. The zero-order valence-corrected chi connectivity index (χ0v) is 17.9. The first kappa shape index (κ1) is 21.7. The number of hydrogen-bond donors (Lipinski definition) is 1. The van der Waals surface area contributed by atoms with Gasteiger partial charge in [-0.1, -0.05) is 49.7 Å². The number of pyridine rings is 1. The Labute approximate surface area is 177 Å². The number of benzene rings is 2. The standard InChI is InChI=1S/C23H25N3O3S/c1-3-5-18-7-9-19(10-8-18)20-11-13-21(14-12-20)25-23(27)17-26(2)30(28,29)22-6-4-15-24-16-22/h4,6-16H,3,5,17H2,1-2H3,(H,25,27). The monoisotopic (exact) mass is 423 g/mol. The van der Waals surface area contributed by atoms with Gasteiger partial charge in [0.15, 0.2) is 0 Å². The molecule has 0 fully saturated rings. The van der Waals surface area contributed by atoms with Crippen LogP contribution < -0.4 is 5.32 Å². The normalized spacial score (nSPS) is 11.4. The number of aromatic nitrogens is 1. The molecule has 1 amide bonds. The van der Waals surface area contributed by atoms with E-state index in [1.165, 1.54) is 31.1 Å². The molecular weight excluding hydrogens is 398 g/mol. The summed E-state index contributed by atoms with van der Waals surface area (Å²) in [6.45, 7) is 1.87. The molecule has 0 saturated carbocycles. The molecule has 1 aromatic heterocycles. The Bertz CT molecular complexity index is 1080. The average molecular weight is 424 g/mol. The van der Waals surface area contributed by atoms with Gasteiger partial charge in [0.25, 0.3) is 0 Å². The molecule has 3 rings (SSSR count). The summed E-state index contributed by atoms with van der Waals surface area (Å²) in [4.78, 5) is 16.2. The third-order valence-electron chi connectivity index (χ3n) is 4.70. The Balaban J connectivity index is 1.61. The van der Waals surface area contributed by atoms with Gasteiger partial charge in [-0.2, -0.15) is 4.31 Å². The number of rotatable bonds is 8. The number of carbonyl (C=O) groups is 1. The lowest BCUT2D eigenvalue weighted by molar-refractivity contribution is -0.116. The van der Waals surface area contributed by atoms with E-state index < -0.39 is 15.9 Å². The number of nitrogens with one attached hydrogen (secondary N) is 1. The lowest BCUT2D eigenvalue weighted by Crippen LogP contribution is -2.35. The Morgan fingerprint density at radius 1 is 1.00 bits per heavy atom. The minimum absolute atomic E-state index is 0.0506. The van der Waals surface area contributed by atoms with E-state index in [0.29, 0.717) is 5.69 Å². The molecule has 1 heterocycles. The smallest absolute Gasteiger partial charge is 0.244 e. The Morgan fingerprint density at radius 2 is 1.63 bits per heavy atom. The molecule has 156 valence electrons. The largest absolute Gasteiger partial charge is 0.325 e. The zero-order valence-electron chi connectivity index (χ0n) is 17.1. The van der Waals surface area contributed by atoms with Gasteiger partial charge in [-0.15, -0.1) is 0 Å². The Morgan fingerprint density at radius 3 is 2.20 bits per heavy atom. The summed E-state index contributed by atoms with van der Waals surface area (Å²) in [6.07, 6.45) is 4.94. The van der Waals surface area contributed by atoms with Gasteiger partial charge in [0, 0.05) is 25.1 Å². The van der Waals surface area contributed by atoms with Crippen LogP contribution in [0.3, 0.4) is 0 Å². The number of nitrogens with zero attached hydrogens (tertiary/aromatic N) is 2. The predicted molar refractivity (Wildman–Crippen MR) is 119 cm³/mol. The molecule has 30 heavy (non-hydrogen) atoms. The van der Waals surface area contributed by atoms with Gasteiger partial charge in [-0.3, -0.25) is 9.78 Å². The highest BCUT2D eigenvalue weighted by Gasteiger charge is 2.23. The van der Waals surface area contributed by atoms with Crippen LogP contribution in [0.2, 0.25) is 0 Å². The second-order valence-electron chi connectivity index (χ2n) is 7.02. The quantitative estimate of drug-likeness (QED) is 0.595. The minimum Gasteiger partial charge on any atom is -0.325 e. The van der Waals surface area contributed by atoms with E-state index in [1.807, 2.05) is 24.3 Å². The number of hydrogen-bond acceptors (Lipinski definition) is 4. The van der Waals surface area contributed by atoms with Crippen LogP contribution in [0.25, 0.3) is 11.1 Å². The van der Waals surface area contributed by atoms with Gasteiger partial charge >= 0.3 is 0 Å². The summed E-state index contributed by atoms with van der Waals surface area (Å²) in [7, 11) is -2.40. The molecule has 0 aliphatic heterocycles. The van der Waals surface area contributed by atoms with E-state index in [0.717, 1.165) is 28.3 Å². The molecule has 0 unspecified atom stereocenters. The molecule has 6 nitrogen and oxygen atoms in total. The molecule has 1 N–H and O–H groups in total. The highest BCUT2D eigenvalue weighted by Crippen LogP contribution is 2.22. The van der Waals surface area contributed by atoms with Gasteiger partial charge in [-0.05, 0) is 47.4 Å². The van der Waals surface area contributed by atoms with Crippen LogP contribution in [0.15, 0.2) is 78.0 Å². The van der Waals surface area contributed by atoms with Crippen molar-refractivity contribution in [1.29, 1.82) is 0 Å². The molecule has 0 radical (unpaired) electrons. The molecule has 0 bridgehead atoms. The summed E-state index contributed by atoms with van der Waals surface area (Å²) in [6, 6.07) is 18.9. The van der Waals surface area contributed by atoms with Gasteiger partial charge in [-0.25, -0.2) is 8.42 Å². The maximum atomic E-state index is 12.5. The first-order chi connectivity index (χ1) is 14.4. The molecular formula is C23H25N3O3S. The lowest BCUT2D eigenvalue weighted by atomic mass is 10.0. The fraction of sp³-hybridized carbons (Fsp3) is 0.217. The van der Waals surface area contributed by atoms with Gasteiger partial charge in [0.1, 0.15) is 4.90 Å². The Hall–Kier alpha value is -3.03. The van der Waals surface area contributed by atoms with Crippen LogP contribution >= 0.6 is 0 Å². The fourth-order valence-electron chi connectivity index (χ4n) is 3.07. The van der Waals surface area contributed by atoms with Crippen LogP contribution in [-0.4, -0.2) is 37.2 Å². The van der Waals surface area contributed by atoms with Crippen molar-refractivity contribution in [3.05, 3.63) is 78.6 Å². The lowest BCUT2D eigenvalue weighted by Gasteiger charge is -2.16. The molecule has 7 heteroatoms. The van der Waals surface area contributed by atoms with Crippen LogP contribution in [0.4, 0.5) is 5.69 Å². The Kier molecular flexibility index (Phi) is 6.97. The van der Waals surface area contributed by atoms with Crippen molar-refractivity contribution in [3.8, 4) is 11.1 Å². The van der Waals surface area contributed by atoms with Gasteiger partial charge < -0.3 is 5.32 Å². The highest BCUT2D eigenvalue weighted by molar-refractivity contribution is 7.89. The van der Waals surface area contributed by atoms with Crippen LogP contribution in [0.5, 0.6) is 0 Å². The van der Waals surface area contributed by atoms with Gasteiger partial charge in [0.05, 0.1) is 6.54 Å². The number of aryl methyl sites for hydroxylation is 1. The predicted octanol–water partition coefficient (Wildman–Crippen LogP) is 3.96. The third kappa shape index (κ3) is 5.31. The van der Waals surface area contributed by atoms with Crippen molar-refractivity contribution in [3.63, 3.8) is 0 Å². The summed E-state index contributed by atoms with van der Waals surface area (Å²) in [5.74, 6) is -0.415. The second-order valence-corrected chi connectivity index (χ2v) is 9.07. The number of sulfonamides is 1. The van der Waals surface area contributed by atoms with Crippen molar-refractivity contribution < 1.29 is 13.2 Å². The summed E-state index contributed by atoms with van der Waals surface area (Å²) >= 11 is 0. The SMILES string of the molecule is CCCc1ccc(-c2ccc(NC(=O)CN(C)S(=O)(=O)c3cccnc3)cc2)cc1.